The van der Waals surface area contributed by atoms with Crippen molar-refractivity contribution in [3.8, 4) is 17.1 Å². The first kappa shape index (κ1) is 14.6. The number of aromatic nitrogens is 3. The molecular formula is C17H13F2N3O2. The number of rotatable bonds is 3. The van der Waals surface area contributed by atoms with Crippen molar-refractivity contribution in [2.75, 3.05) is 0 Å². The minimum atomic E-state index is -0.925. The molecule has 5 nitrogen and oxygen atoms in total. The molecule has 7 heteroatoms. The number of benzene rings is 1. The van der Waals surface area contributed by atoms with Gasteiger partial charge in [0.1, 0.15) is 0 Å². The Balaban J connectivity index is 1.60. The maximum absolute atomic E-state index is 13.8. The van der Waals surface area contributed by atoms with Crippen molar-refractivity contribution < 1.29 is 13.9 Å². The topological polar surface area (TPSA) is 70.9 Å². The fourth-order valence-corrected chi connectivity index (χ4v) is 3.00. The highest BCUT2D eigenvalue weighted by Gasteiger charge is 2.42. The normalized spacial score (nSPS) is 19.4. The highest BCUT2D eigenvalue weighted by atomic mass is 19.2. The molecule has 1 aromatic carbocycles. The van der Waals surface area contributed by atoms with Crippen LogP contribution in [0.5, 0.6) is 5.88 Å². The van der Waals surface area contributed by atoms with Crippen LogP contribution < -0.4 is 5.69 Å². The predicted molar refractivity (Wildman–Crippen MR) is 82.7 cm³/mol. The lowest BCUT2D eigenvalue weighted by molar-refractivity contribution is 0.413. The molecule has 0 amide bonds. The van der Waals surface area contributed by atoms with Crippen molar-refractivity contribution in [3.05, 3.63) is 70.4 Å². The molecule has 1 aliphatic carbocycles. The molecule has 3 aromatic rings. The van der Waals surface area contributed by atoms with E-state index in [1.165, 1.54) is 22.9 Å². The van der Waals surface area contributed by atoms with E-state index in [0.29, 0.717) is 12.1 Å². The van der Waals surface area contributed by atoms with Crippen molar-refractivity contribution in [1.82, 2.24) is 14.5 Å². The summed E-state index contributed by atoms with van der Waals surface area (Å²) in [6.07, 6.45) is 3.56. The summed E-state index contributed by atoms with van der Waals surface area (Å²) in [5, 5.41) is 9.69. The van der Waals surface area contributed by atoms with E-state index >= 15 is 0 Å². The molecular weight excluding hydrogens is 316 g/mol. The van der Waals surface area contributed by atoms with Crippen LogP contribution in [0.3, 0.4) is 0 Å². The Morgan fingerprint density at radius 3 is 2.75 bits per heavy atom. The van der Waals surface area contributed by atoms with Crippen LogP contribution in [0.1, 0.15) is 23.9 Å². The van der Waals surface area contributed by atoms with E-state index in [2.05, 4.69) is 9.97 Å². The molecule has 1 fully saturated rings. The molecule has 2 N–H and O–H groups in total. The van der Waals surface area contributed by atoms with Crippen molar-refractivity contribution in [2.45, 2.75) is 18.4 Å². The van der Waals surface area contributed by atoms with E-state index in [0.717, 1.165) is 11.6 Å². The van der Waals surface area contributed by atoms with Crippen LogP contribution in [-0.4, -0.2) is 19.6 Å². The Hall–Kier alpha value is -2.96. The first-order valence-electron chi connectivity index (χ1n) is 7.45. The summed E-state index contributed by atoms with van der Waals surface area (Å²) in [7, 11) is 0. The fraction of sp³-hybridized carbons (Fsp3) is 0.176. The second-order valence-electron chi connectivity index (χ2n) is 5.81. The van der Waals surface area contributed by atoms with E-state index in [9.17, 15) is 18.7 Å². The van der Waals surface area contributed by atoms with Crippen molar-refractivity contribution in [3.63, 3.8) is 0 Å². The predicted octanol–water partition coefficient (Wildman–Crippen LogP) is 2.95. The average Bonchev–Trinajstić information content (AvgIpc) is 3.29. The number of hydrogen-bond donors (Lipinski definition) is 2. The van der Waals surface area contributed by atoms with Crippen LogP contribution >= 0.6 is 0 Å². The zero-order valence-corrected chi connectivity index (χ0v) is 12.4. The molecule has 2 atom stereocenters. The maximum Gasteiger partial charge on any atom is 0.328 e. The molecule has 122 valence electrons. The largest absolute Gasteiger partial charge is 0.493 e. The Labute approximate surface area is 135 Å². The van der Waals surface area contributed by atoms with Gasteiger partial charge >= 0.3 is 5.69 Å². The maximum atomic E-state index is 13.8. The quantitative estimate of drug-likeness (QED) is 0.776. The molecule has 0 unspecified atom stereocenters. The number of nitrogens with one attached hydrogen (secondary N) is 1. The van der Waals surface area contributed by atoms with Gasteiger partial charge in [-0.15, -0.1) is 0 Å². The molecule has 1 aliphatic rings. The second-order valence-corrected chi connectivity index (χ2v) is 5.81. The summed E-state index contributed by atoms with van der Waals surface area (Å²) in [6, 6.07) is 7.25. The molecule has 0 bridgehead atoms. The molecule has 0 radical (unpaired) electrons. The fourth-order valence-electron chi connectivity index (χ4n) is 3.00. The highest BCUT2D eigenvalue weighted by Crippen LogP contribution is 2.51. The summed E-state index contributed by atoms with van der Waals surface area (Å²) in [5.74, 6) is -1.88. The van der Waals surface area contributed by atoms with Gasteiger partial charge < -0.3 is 10.1 Å². The van der Waals surface area contributed by atoms with E-state index < -0.39 is 11.6 Å². The number of imidazole rings is 1. The third-order valence-corrected chi connectivity index (χ3v) is 4.32. The van der Waals surface area contributed by atoms with Crippen molar-refractivity contribution >= 4 is 0 Å². The van der Waals surface area contributed by atoms with Crippen molar-refractivity contribution in [2.24, 2.45) is 0 Å². The second kappa shape index (κ2) is 5.30. The van der Waals surface area contributed by atoms with Crippen LogP contribution in [0, 0.1) is 11.6 Å². The van der Waals surface area contributed by atoms with E-state index in [4.69, 9.17) is 0 Å². The van der Waals surface area contributed by atoms with Crippen molar-refractivity contribution in [1.29, 1.82) is 0 Å². The van der Waals surface area contributed by atoms with E-state index in [-0.39, 0.29) is 29.1 Å². The third-order valence-electron chi connectivity index (χ3n) is 4.32. The van der Waals surface area contributed by atoms with E-state index in [1.54, 1.807) is 18.3 Å². The molecule has 0 saturated heterocycles. The summed E-state index contributed by atoms with van der Waals surface area (Å²) in [6.45, 7) is 0. The Morgan fingerprint density at radius 2 is 2.08 bits per heavy atom. The number of halogens is 2. The number of pyridine rings is 1. The summed E-state index contributed by atoms with van der Waals surface area (Å²) in [4.78, 5) is 18.3. The Bertz CT molecular complexity index is 963. The average molecular weight is 329 g/mol. The van der Waals surface area contributed by atoms with E-state index in [1.807, 2.05) is 0 Å². The lowest BCUT2D eigenvalue weighted by Crippen LogP contribution is -2.15. The smallest absolute Gasteiger partial charge is 0.328 e. The lowest BCUT2D eigenvalue weighted by atomic mass is 10.1. The third kappa shape index (κ3) is 2.29. The van der Waals surface area contributed by atoms with Gasteiger partial charge in [0.15, 0.2) is 11.6 Å². The monoisotopic (exact) mass is 329 g/mol. The van der Waals surface area contributed by atoms with Gasteiger partial charge in [0.25, 0.3) is 0 Å². The van der Waals surface area contributed by atoms with Crippen LogP contribution in [0.4, 0.5) is 8.78 Å². The first-order chi connectivity index (χ1) is 11.6. The molecule has 4 rings (SSSR count). The van der Waals surface area contributed by atoms with Crippen LogP contribution in [0.15, 0.2) is 47.5 Å². The molecule has 24 heavy (non-hydrogen) atoms. The van der Waals surface area contributed by atoms with Gasteiger partial charge in [-0.2, -0.15) is 0 Å². The van der Waals surface area contributed by atoms with Gasteiger partial charge in [0, 0.05) is 23.7 Å². The minimum Gasteiger partial charge on any atom is -0.493 e. The van der Waals surface area contributed by atoms with Gasteiger partial charge in [0.05, 0.1) is 11.9 Å². The van der Waals surface area contributed by atoms with Crippen LogP contribution in [-0.2, 0) is 0 Å². The number of H-pyrrole nitrogens is 1. The Morgan fingerprint density at radius 1 is 1.25 bits per heavy atom. The van der Waals surface area contributed by atoms with Crippen LogP contribution in [0.25, 0.3) is 11.3 Å². The summed E-state index contributed by atoms with van der Waals surface area (Å²) >= 11 is 0. The number of aromatic hydroxyl groups is 1. The highest BCUT2D eigenvalue weighted by molar-refractivity contribution is 5.60. The molecule has 1 saturated carbocycles. The molecule has 2 aromatic heterocycles. The number of aromatic amines is 1. The summed E-state index contributed by atoms with van der Waals surface area (Å²) in [5.41, 5.74) is 0.975. The number of nitrogens with zero attached hydrogens (tertiary/aromatic N) is 2. The van der Waals surface area contributed by atoms with Gasteiger partial charge in [-0.05, 0) is 30.2 Å². The van der Waals surface area contributed by atoms with Gasteiger partial charge in [0.2, 0.25) is 5.88 Å². The van der Waals surface area contributed by atoms with Gasteiger partial charge in [-0.1, -0.05) is 12.1 Å². The lowest BCUT2D eigenvalue weighted by Gasteiger charge is -2.06. The zero-order valence-electron chi connectivity index (χ0n) is 12.4. The van der Waals surface area contributed by atoms with Crippen LogP contribution in [0.2, 0.25) is 0 Å². The Kier molecular flexibility index (Phi) is 3.23. The molecule has 0 spiro atoms. The zero-order chi connectivity index (χ0) is 16.8. The van der Waals surface area contributed by atoms with Gasteiger partial charge in [-0.25, -0.2) is 13.6 Å². The number of hydrogen-bond acceptors (Lipinski definition) is 3. The summed E-state index contributed by atoms with van der Waals surface area (Å²) < 4.78 is 28.4. The standard InChI is InChI=1S/C17H13F2N3O2/c18-12-3-1-2-10(16(12)19)13-5-4-9(7-20-13)11-6-14(11)22-15(23)8-21-17(22)24/h1-5,7-8,11,14,23H,6H2,(H,21,24)/t11-,14+/m1/s1. The molecule has 0 aliphatic heterocycles. The SMILES string of the molecule is O=c1[nH]cc(O)n1[C@H]1C[C@@H]1c1ccc(-c2cccc(F)c2F)nc1. The minimum absolute atomic E-state index is 0.0586. The first-order valence-corrected chi connectivity index (χ1v) is 7.45. The molecule has 2 heterocycles. The van der Waals surface area contributed by atoms with Gasteiger partial charge in [-0.3, -0.25) is 9.55 Å².